The molecule has 2 N–H and O–H groups in total. The Kier molecular flexibility index (Phi) is 6.90. The smallest absolute Gasteiger partial charge is 0.354 e. The second-order valence-corrected chi connectivity index (χ2v) is 8.88. The molecular formula is C23H26BrN3O5. The molecule has 1 atom stereocenters. The first-order valence-electron chi connectivity index (χ1n) is 10.0. The number of benzene rings is 1. The van der Waals surface area contributed by atoms with Gasteiger partial charge < -0.3 is 24.6 Å². The van der Waals surface area contributed by atoms with E-state index >= 15 is 0 Å². The number of methoxy groups -OCH3 is 1. The predicted molar refractivity (Wildman–Crippen MR) is 123 cm³/mol. The number of esters is 1. The topological polar surface area (TPSA) is 103 Å². The number of aliphatic hydroxyl groups is 1. The largest absolute Gasteiger partial charge is 0.507 e. The summed E-state index contributed by atoms with van der Waals surface area (Å²) in [6.07, 6.45) is 0. The average Bonchev–Trinajstić information content (AvgIpc) is 3.18. The third-order valence-electron chi connectivity index (χ3n) is 5.58. The van der Waals surface area contributed by atoms with Crippen molar-refractivity contribution in [3.63, 3.8) is 0 Å². The van der Waals surface area contributed by atoms with Crippen LogP contribution in [0.25, 0.3) is 5.76 Å². The highest BCUT2D eigenvalue weighted by atomic mass is 79.9. The van der Waals surface area contributed by atoms with Crippen LogP contribution in [-0.2, 0) is 14.3 Å². The van der Waals surface area contributed by atoms with E-state index in [1.165, 1.54) is 12.0 Å². The summed E-state index contributed by atoms with van der Waals surface area (Å²) in [5, 5.41) is 11.3. The number of aliphatic hydroxyl groups excluding tert-OH is 1. The minimum atomic E-state index is -0.756. The van der Waals surface area contributed by atoms with E-state index in [4.69, 9.17) is 4.74 Å². The van der Waals surface area contributed by atoms with Crippen LogP contribution < -0.4 is 0 Å². The number of rotatable bonds is 6. The molecular weight excluding hydrogens is 478 g/mol. The van der Waals surface area contributed by atoms with Crippen LogP contribution in [0.3, 0.4) is 0 Å². The van der Waals surface area contributed by atoms with Crippen molar-refractivity contribution in [2.45, 2.75) is 19.9 Å². The molecule has 1 saturated heterocycles. The van der Waals surface area contributed by atoms with Gasteiger partial charge in [0, 0.05) is 28.8 Å². The van der Waals surface area contributed by atoms with Gasteiger partial charge in [0.15, 0.2) is 0 Å². The maximum atomic E-state index is 13.1. The zero-order chi connectivity index (χ0) is 23.7. The van der Waals surface area contributed by atoms with Crippen LogP contribution in [0.4, 0.5) is 0 Å². The Morgan fingerprint density at radius 1 is 1.22 bits per heavy atom. The minimum Gasteiger partial charge on any atom is -0.507 e. The number of carbonyl (C=O) groups excluding carboxylic acids is 3. The van der Waals surface area contributed by atoms with E-state index in [9.17, 15) is 19.5 Å². The average molecular weight is 504 g/mol. The second kappa shape index (κ2) is 9.30. The number of halogens is 1. The van der Waals surface area contributed by atoms with Crippen LogP contribution in [-0.4, -0.2) is 71.8 Å². The van der Waals surface area contributed by atoms with Crippen molar-refractivity contribution in [3.05, 3.63) is 62.4 Å². The number of aromatic nitrogens is 1. The van der Waals surface area contributed by atoms with Gasteiger partial charge in [-0.05, 0) is 51.2 Å². The monoisotopic (exact) mass is 503 g/mol. The molecule has 0 aliphatic carbocycles. The lowest BCUT2D eigenvalue weighted by Crippen LogP contribution is -2.35. The Morgan fingerprint density at radius 2 is 1.84 bits per heavy atom. The zero-order valence-corrected chi connectivity index (χ0v) is 20.2. The minimum absolute atomic E-state index is 0.00213. The summed E-state index contributed by atoms with van der Waals surface area (Å²) in [5.41, 5.74) is 2.14. The summed E-state index contributed by atoms with van der Waals surface area (Å²) in [5.74, 6) is -2.32. The fourth-order valence-corrected chi connectivity index (χ4v) is 4.22. The molecule has 1 unspecified atom stereocenters. The van der Waals surface area contributed by atoms with Crippen molar-refractivity contribution in [2.75, 3.05) is 34.3 Å². The molecule has 8 nitrogen and oxygen atoms in total. The van der Waals surface area contributed by atoms with E-state index in [2.05, 4.69) is 20.9 Å². The van der Waals surface area contributed by atoms with Gasteiger partial charge in [0.2, 0.25) is 0 Å². The normalized spacial score (nSPS) is 18.0. The van der Waals surface area contributed by atoms with Gasteiger partial charge in [-0.1, -0.05) is 28.1 Å². The highest BCUT2D eigenvalue weighted by Crippen LogP contribution is 2.41. The number of carbonyl (C=O) groups is 3. The first-order valence-corrected chi connectivity index (χ1v) is 10.8. The van der Waals surface area contributed by atoms with Crippen molar-refractivity contribution < 1.29 is 24.2 Å². The molecule has 170 valence electrons. The summed E-state index contributed by atoms with van der Waals surface area (Å²) in [6, 6.07) is 6.52. The molecule has 32 heavy (non-hydrogen) atoms. The molecule has 0 radical (unpaired) electrons. The number of H-pyrrole nitrogens is 1. The number of likely N-dealkylation sites (N-methyl/N-ethyl adjacent to an activating group) is 1. The van der Waals surface area contributed by atoms with Crippen molar-refractivity contribution in [1.29, 1.82) is 0 Å². The lowest BCUT2D eigenvalue weighted by molar-refractivity contribution is -0.140. The number of hydrogen-bond acceptors (Lipinski definition) is 6. The lowest BCUT2D eigenvalue weighted by Gasteiger charge is -2.26. The molecule has 1 aromatic heterocycles. The SMILES string of the molecule is COC(=O)c1[nH]c(C)c(/C(O)=C2\C(=O)C(=O)N(CCN(C)C)C2c2ccc(Br)cc2)c1C. The summed E-state index contributed by atoms with van der Waals surface area (Å²) in [4.78, 5) is 44.5. The molecule has 1 amide bonds. The number of amides is 1. The number of aromatic amines is 1. The first kappa shape index (κ1) is 23.7. The maximum Gasteiger partial charge on any atom is 0.354 e. The Hall–Kier alpha value is -2.91. The van der Waals surface area contributed by atoms with Crippen molar-refractivity contribution >= 4 is 39.3 Å². The van der Waals surface area contributed by atoms with Gasteiger partial charge >= 0.3 is 5.97 Å². The number of nitrogens with zero attached hydrogens (tertiary/aromatic N) is 2. The van der Waals surface area contributed by atoms with Gasteiger partial charge in [-0.3, -0.25) is 9.59 Å². The van der Waals surface area contributed by atoms with Gasteiger partial charge in [0.1, 0.15) is 11.5 Å². The molecule has 3 rings (SSSR count). The van der Waals surface area contributed by atoms with Crippen LogP contribution in [0, 0.1) is 13.8 Å². The molecule has 1 fully saturated rings. The lowest BCUT2D eigenvalue weighted by atomic mass is 9.94. The second-order valence-electron chi connectivity index (χ2n) is 7.96. The van der Waals surface area contributed by atoms with E-state index in [1.54, 1.807) is 13.8 Å². The molecule has 9 heteroatoms. The number of nitrogens with one attached hydrogen (secondary N) is 1. The molecule has 1 aliphatic rings. The Balaban J connectivity index is 2.21. The fourth-order valence-electron chi connectivity index (χ4n) is 3.96. The van der Waals surface area contributed by atoms with E-state index < -0.39 is 23.7 Å². The summed E-state index contributed by atoms with van der Waals surface area (Å²) < 4.78 is 5.65. The van der Waals surface area contributed by atoms with E-state index in [-0.39, 0.29) is 17.0 Å². The Labute approximate surface area is 195 Å². The van der Waals surface area contributed by atoms with Gasteiger partial charge in [-0.15, -0.1) is 0 Å². The molecule has 2 aromatic rings. The van der Waals surface area contributed by atoms with Crippen LogP contribution >= 0.6 is 15.9 Å². The summed E-state index contributed by atoms with van der Waals surface area (Å²) in [6.45, 7) is 4.20. The predicted octanol–water partition coefficient (Wildman–Crippen LogP) is 3.16. The number of ketones is 1. The van der Waals surface area contributed by atoms with Gasteiger partial charge in [-0.25, -0.2) is 4.79 Å². The summed E-state index contributed by atoms with van der Waals surface area (Å²) in [7, 11) is 5.03. The number of likely N-dealkylation sites (tertiary alicyclic amines) is 1. The summed E-state index contributed by atoms with van der Waals surface area (Å²) >= 11 is 3.40. The molecule has 2 heterocycles. The Morgan fingerprint density at radius 3 is 2.41 bits per heavy atom. The Bertz CT molecular complexity index is 1100. The van der Waals surface area contributed by atoms with Crippen molar-refractivity contribution in [2.24, 2.45) is 0 Å². The highest BCUT2D eigenvalue weighted by molar-refractivity contribution is 9.10. The maximum absolute atomic E-state index is 13.1. The van der Waals surface area contributed by atoms with Crippen LogP contribution in [0.5, 0.6) is 0 Å². The van der Waals surface area contributed by atoms with Crippen LogP contribution in [0.15, 0.2) is 34.3 Å². The molecule has 1 aliphatic heterocycles. The molecule has 0 saturated carbocycles. The highest BCUT2D eigenvalue weighted by Gasteiger charge is 2.46. The van der Waals surface area contributed by atoms with Crippen molar-refractivity contribution in [1.82, 2.24) is 14.8 Å². The molecule has 0 bridgehead atoms. The number of ether oxygens (including phenoxy) is 1. The molecule has 0 spiro atoms. The van der Waals surface area contributed by atoms with E-state index in [1.807, 2.05) is 43.3 Å². The number of hydrogen-bond donors (Lipinski definition) is 2. The standard InChI is InChI=1S/C23H26BrN3O5/c1-12-16(13(2)25-18(12)23(31)32-5)20(28)17-19(14-6-8-15(24)9-7-14)27(11-10-26(3)4)22(30)21(17)29/h6-9,19,25,28H,10-11H2,1-5H3/b20-17+. The van der Waals surface area contributed by atoms with Crippen molar-refractivity contribution in [3.8, 4) is 0 Å². The molecule has 1 aromatic carbocycles. The van der Waals surface area contributed by atoms with Gasteiger partial charge in [-0.2, -0.15) is 0 Å². The third kappa shape index (κ3) is 4.22. The van der Waals surface area contributed by atoms with Gasteiger partial charge in [0.25, 0.3) is 11.7 Å². The quantitative estimate of drug-likeness (QED) is 0.271. The van der Waals surface area contributed by atoms with Crippen LogP contribution in [0.1, 0.15) is 38.9 Å². The number of Topliss-reactive ketones (excluding diaryl/α,β-unsaturated/α-hetero) is 1. The fraction of sp³-hybridized carbons (Fsp3) is 0.348. The zero-order valence-electron chi connectivity index (χ0n) is 18.7. The first-order chi connectivity index (χ1) is 15.1. The number of aryl methyl sites for hydroxylation is 1. The van der Waals surface area contributed by atoms with Crippen LogP contribution in [0.2, 0.25) is 0 Å². The van der Waals surface area contributed by atoms with Gasteiger partial charge in [0.05, 0.1) is 18.7 Å². The van der Waals surface area contributed by atoms with E-state index in [0.717, 1.165) is 4.47 Å². The third-order valence-corrected chi connectivity index (χ3v) is 6.11. The van der Waals surface area contributed by atoms with E-state index in [0.29, 0.717) is 35.5 Å².